The summed E-state index contributed by atoms with van der Waals surface area (Å²) in [5.74, 6) is 0.645. The molecule has 2 aromatic carbocycles. The quantitative estimate of drug-likeness (QED) is 0.834. The monoisotopic (exact) mass is 310 g/mol. The Morgan fingerprint density at radius 2 is 1.74 bits per heavy atom. The lowest BCUT2D eigenvalue weighted by Gasteiger charge is -2.26. The second-order valence-corrected chi connectivity index (χ2v) is 6.02. The minimum atomic E-state index is -0.469. The van der Waals surface area contributed by atoms with E-state index in [1.165, 1.54) is 0 Å². The molecule has 23 heavy (non-hydrogen) atoms. The molecule has 1 unspecified atom stereocenters. The summed E-state index contributed by atoms with van der Waals surface area (Å²) in [6.07, 6.45) is 1.22. The fraction of sp³-hybridized carbons (Fsp3) is 0.222. The van der Waals surface area contributed by atoms with E-state index in [4.69, 9.17) is 4.74 Å². The van der Waals surface area contributed by atoms with Crippen molar-refractivity contribution in [1.29, 1.82) is 0 Å². The first-order valence-corrected chi connectivity index (χ1v) is 7.39. The highest BCUT2D eigenvalue weighted by Gasteiger charge is 2.43. The lowest BCUT2D eigenvalue weighted by atomic mass is 9.81. The van der Waals surface area contributed by atoms with Gasteiger partial charge in [0.25, 0.3) is 0 Å². The van der Waals surface area contributed by atoms with Crippen LogP contribution in [0.4, 0.5) is 11.4 Å². The number of nitrogens with one attached hydrogen (secondary N) is 2. The number of ether oxygens (including phenoxy) is 1. The molecule has 0 saturated heterocycles. The van der Waals surface area contributed by atoms with E-state index in [9.17, 15) is 9.59 Å². The normalized spacial score (nSPS) is 17.7. The van der Waals surface area contributed by atoms with E-state index >= 15 is 0 Å². The van der Waals surface area contributed by atoms with Crippen LogP contribution in [0.1, 0.15) is 30.9 Å². The minimum Gasteiger partial charge on any atom is -0.484 e. The highest BCUT2D eigenvalue weighted by atomic mass is 16.5. The van der Waals surface area contributed by atoms with Crippen LogP contribution in [-0.2, 0) is 9.59 Å². The number of carbonyl (C=O) groups is 2. The average molecular weight is 310 g/mol. The highest BCUT2D eigenvalue weighted by molar-refractivity contribution is 5.84. The molecular formula is C18H18N2O3. The van der Waals surface area contributed by atoms with Crippen LogP contribution >= 0.6 is 0 Å². The Balaban J connectivity index is 2.18. The third-order valence-corrected chi connectivity index (χ3v) is 4.06. The van der Waals surface area contributed by atoms with Gasteiger partial charge in [-0.15, -0.1) is 0 Å². The maximum atomic E-state index is 10.9. The van der Waals surface area contributed by atoms with Crippen molar-refractivity contribution in [2.24, 2.45) is 0 Å². The number of amides is 2. The van der Waals surface area contributed by atoms with Gasteiger partial charge in [-0.25, -0.2) is 0 Å². The maximum absolute atomic E-state index is 10.9. The second-order valence-electron chi connectivity index (χ2n) is 6.02. The van der Waals surface area contributed by atoms with Crippen molar-refractivity contribution in [3.05, 3.63) is 53.6 Å². The van der Waals surface area contributed by atoms with E-state index in [2.05, 4.69) is 22.8 Å². The number of fused-ring (bicyclic) bond motifs is 1. The van der Waals surface area contributed by atoms with Crippen molar-refractivity contribution in [1.82, 2.24) is 0 Å². The fourth-order valence-electron chi connectivity index (χ4n) is 3.22. The summed E-state index contributed by atoms with van der Waals surface area (Å²) < 4.78 is 6.14. The molecule has 0 spiro atoms. The number of hydrogen-bond donors (Lipinski definition) is 2. The van der Waals surface area contributed by atoms with Gasteiger partial charge in [0.1, 0.15) is 11.4 Å². The molecule has 5 nitrogen and oxygen atoms in total. The average Bonchev–Trinajstić information content (AvgIpc) is 2.79. The lowest BCUT2D eigenvalue weighted by molar-refractivity contribution is -0.106. The van der Waals surface area contributed by atoms with Crippen LogP contribution in [-0.4, -0.2) is 18.4 Å². The molecule has 0 bridgehead atoms. The Morgan fingerprint density at radius 3 is 2.39 bits per heavy atom. The molecule has 0 radical (unpaired) electrons. The van der Waals surface area contributed by atoms with Gasteiger partial charge in [-0.2, -0.15) is 0 Å². The van der Waals surface area contributed by atoms with E-state index < -0.39 is 5.60 Å². The Morgan fingerprint density at radius 1 is 1.04 bits per heavy atom. The number of carbonyl (C=O) groups excluding carboxylic acids is 2. The van der Waals surface area contributed by atoms with Crippen LogP contribution in [0.3, 0.4) is 0 Å². The van der Waals surface area contributed by atoms with Gasteiger partial charge in [0.15, 0.2) is 0 Å². The molecule has 3 rings (SSSR count). The SMILES string of the molecule is CC1(C)Oc2c(NC=O)cc(NC=O)cc2C1c1ccccc1. The minimum absolute atomic E-state index is 0.000644. The van der Waals surface area contributed by atoms with E-state index in [0.717, 1.165) is 11.1 Å². The third-order valence-electron chi connectivity index (χ3n) is 4.06. The lowest BCUT2D eigenvalue weighted by Crippen LogP contribution is -2.30. The second kappa shape index (κ2) is 5.76. The molecule has 0 aromatic heterocycles. The summed E-state index contributed by atoms with van der Waals surface area (Å²) in [5.41, 5.74) is 2.76. The summed E-state index contributed by atoms with van der Waals surface area (Å²) in [7, 11) is 0. The molecule has 0 fully saturated rings. The predicted molar refractivity (Wildman–Crippen MR) is 88.8 cm³/mol. The van der Waals surface area contributed by atoms with Gasteiger partial charge in [0.2, 0.25) is 12.8 Å². The Labute approximate surface area is 134 Å². The first kappa shape index (κ1) is 15.1. The zero-order valence-electron chi connectivity index (χ0n) is 13.0. The summed E-state index contributed by atoms with van der Waals surface area (Å²) in [6.45, 7) is 4.03. The van der Waals surface area contributed by atoms with E-state index in [0.29, 0.717) is 29.9 Å². The first-order chi connectivity index (χ1) is 11.1. The highest BCUT2D eigenvalue weighted by Crippen LogP contribution is 2.52. The van der Waals surface area contributed by atoms with Crippen LogP contribution < -0.4 is 15.4 Å². The van der Waals surface area contributed by atoms with Crippen molar-refractivity contribution in [3.63, 3.8) is 0 Å². The van der Waals surface area contributed by atoms with E-state index in [1.807, 2.05) is 38.1 Å². The van der Waals surface area contributed by atoms with Crippen molar-refractivity contribution in [2.45, 2.75) is 25.4 Å². The Hall–Kier alpha value is -2.82. The molecule has 5 heteroatoms. The summed E-state index contributed by atoms with van der Waals surface area (Å²) in [5, 5.41) is 5.30. The number of hydrogen-bond acceptors (Lipinski definition) is 3. The van der Waals surface area contributed by atoms with Gasteiger partial charge in [-0.1, -0.05) is 30.3 Å². The van der Waals surface area contributed by atoms with E-state index in [1.54, 1.807) is 6.07 Å². The van der Waals surface area contributed by atoms with Crippen LogP contribution in [0.2, 0.25) is 0 Å². The maximum Gasteiger partial charge on any atom is 0.211 e. The van der Waals surface area contributed by atoms with Crippen LogP contribution in [0.15, 0.2) is 42.5 Å². The van der Waals surface area contributed by atoms with E-state index in [-0.39, 0.29) is 5.92 Å². The zero-order valence-corrected chi connectivity index (χ0v) is 13.0. The number of rotatable bonds is 5. The van der Waals surface area contributed by atoms with Gasteiger partial charge in [0, 0.05) is 11.3 Å². The summed E-state index contributed by atoms with van der Waals surface area (Å²) >= 11 is 0. The van der Waals surface area contributed by atoms with Crippen LogP contribution in [0, 0.1) is 0 Å². The van der Waals surface area contributed by atoms with Crippen molar-refractivity contribution < 1.29 is 14.3 Å². The van der Waals surface area contributed by atoms with Crippen LogP contribution in [0.25, 0.3) is 0 Å². The molecular weight excluding hydrogens is 292 g/mol. The van der Waals surface area contributed by atoms with Gasteiger partial charge in [-0.05, 0) is 31.5 Å². The number of benzene rings is 2. The predicted octanol–water partition coefficient (Wildman–Crippen LogP) is 3.13. The molecule has 2 amide bonds. The molecule has 0 aliphatic carbocycles. The molecule has 0 saturated carbocycles. The third kappa shape index (κ3) is 2.65. The van der Waals surface area contributed by atoms with Gasteiger partial charge >= 0.3 is 0 Å². The van der Waals surface area contributed by atoms with Gasteiger partial charge < -0.3 is 15.4 Å². The molecule has 1 atom stereocenters. The molecule has 118 valence electrons. The van der Waals surface area contributed by atoms with Gasteiger partial charge in [0.05, 0.1) is 11.6 Å². The Bertz CT molecular complexity index is 741. The zero-order chi connectivity index (χ0) is 16.4. The Kier molecular flexibility index (Phi) is 3.78. The van der Waals surface area contributed by atoms with Crippen molar-refractivity contribution in [3.8, 4) is 5.75 Å². The summed E-state index contributed by atoms with van der Waals surface area (Å²) in [6, 6.07) is 13.6. The number of anilines is 2. The molecule has 1 heterocycles. The molecule has 1 aliphatic heterocycles. The van der Waals surface area contributed by atoms with Crippen molar-refractivity contribution >= 4 is 24.2 Å². The summed E-state index contributed by atoms with van der Waals surface area (Å²) in [4.78, 5) is 21.7. The molecule has 2 aromatic rings. The molecule has 1 aliphatic rings. The standard InChI is InChI=1S/C18H18N2O3/c1-18(2)16(12-6-4-3-5-7-12)14-8-13(19-10-21)9-15(20-11-22)17(14)23-18/h3-11,16H,1-2H3,(H,19,21)(H,20,22). The first-order valence-electron chi connectivity index (χ1n) is 7.39. The molecule has 2 N–H and O–H groups in total. The van der Waals surface area contributed by atoms with Gasteiger partial charge in [-0.3, -0.25) is 9.59 Å². The van der Waals surface area contributed by atoms with Crippen molar-refractivity contribution in [2.75, 3.05) is 10.6 Å². The largest absolute Gasteiger partial charge is 0.484 e. The van der Waals surface area contributed by atoms with Crippen LogP contribution in [0.5, 0.6) is 5.75 Å². The topological polar surface area (TPSA) is 67.4 Å². The smallest absolute Gasteiger partial charge is 0.211 e. The fourth-order valence-corrected chi connectivity index (χ4v) is 3.22.